The smallest absolute Gasteiger partial charge is 0.375 e. The van der Waals surface area contributed by atoms with Crippen LogP contribution in [0.2, 0.25) is 0 Å². The fraction of sp³-hybridized carbons (Fsp3) is 0.286. The number of carbonyl (C=O) groups is 4. The van der Waals surface area contributed by atoms with E-state index in [0.717, 1.165) is 0 Å². The zero-order valence-electron chi connectivity index (χ0n) is 11.0. The summed E-state index contributed by atoms with van der Waals surface area (Å²) in [6.07, 6.45) is -0.638. The molecule has 0 aliphatic heterocycles. The third-order valence-corrected chi connectivity index (χ3v) is 2.23. The summed E-state index contributed by atoms with van der Waals surface area (Å²) in [6.45, 7) is 1.05. The van der Waals surface area contributed by atoms with Gasteiger partial charge in [-0.25, -0.2) is 9.59 Å². The lowest BCUT2D eigenvalue weighted by atomic mass is 10.2. The first-order valence-electron chi connectivity index (χ1n) is 5.98. The van der Waals surface area contributed by atoms with E-state index < -0.39 is 36.5 Å². The molecule has 6 nitrogen and oxygen atoms in total. The molecule has 0 aromatic heterocycles. The molecule has 0 radical (unpaired) electrons. The van der Waals surface area contributed by atoms with Gasteiger partial charge >= 0.3 is 11.9 Å². The monoisotopic (exact) mass is 278 g/mol. The molecule has 1 rings (SSSR count). The van der Waals surface area contributed by atoms with Gasteiger partial charge in [0.2, 0.25) is 5.78 Å². The third kappa shape index (κ3) is 5.01. The molecule has 0 fully saturated rings. The first-order chi connectivity index (χ1) is 9.54. The lowest BCUT2D eigenvalue weighted by Crippen LogP contribution is -2.23. The second-order valence-corrected chi connectivity index (χ2v) is 3.80. The fourth-order valence-corrected chi connectivity index (χ4v) is 1.32. The summed E-state index contributed by atoms with van der Waals surface area (Å²) in [5.74, 6) is -3.34. The Balaban J connectivity index is 2.39. The van der Waals surface area contributed by atoms with Gasteiger partial charge in [-0.3, -0.25) is 9.59 Å². The number of ketones is 2. The van der Waals surface area contributed by atoms with E-state index in [1.165, 1.54) is 12.1 Å². The van der Waals surface area contributed by atoms with Crippen molar-refractivity contribution in [3.63, 3.8) is 0 Å². The summed E-state index contributed by atoms with van der Waals surface area (Å²) < 4.78 is 9.19. The van der Waals surface area contributed by atoms with Gasteiger partial charge in [0.1, 0.15) is 0 Å². The molecule has 0 amide bonds. The molecular weight excluding hydrogens is 264 g/mol. The van der Waals surface area contributed by atoms with Gasteiger partial charge in [0.25, 0.3) is 0 Å². The highest BCUT2D eigenvalue weighted by atomic mass is 16.5. The Morgan fingerprint density at radius 1 is 1.00 bits per heavy atom. The van der Waals surface area contributed by atoms with Crippen LogP contribution in [0, 0.1) is 0 Å². The largest absolute Gasteiger partial charge is 0.460 e. The fourth-order valence-electron chi connectivity index (χ4n) is 1.32. The molecule has 0 saturated carbocycles. The van der Waals surface area contributed by atoms with Crippen LogP contribution in [0.5, 0.6) is 0 Å². The number of esters is 2. The predicted octanol–water partition coefficient (Wildman–Crippen LogP) is 0.935. The maximum atomic E-state index is 11.5. The van der Waals surface area contributed by atoms with Crippen LogP contribution in [0.15, 0.2) is 30.3 Å². The zero-order valence-corrected chi connectivity index (χ0v) is 11.0. The van der Waals surface area contributed by atoms with Crippen LogP contribution >= 0.6 is 0 Å². The SMILES string of the molecule is CCOC(=O)C(=O)CC(=O)COC(=O)c1ccccc1. The Kier molecular flexibility index (Phi) is 6.09. The average molecular weight is 278 g/mol. The van der Waals surface area contributed by atoms with E-state index in [-0.39, 0.29) is 6.61 Å². The molecule has 0 heterocycles. The molecule has 106 valence electrons. The van der Waals surface area contributed by atoms with E-state index in [1.807, 2.05) is 0 Å². The number of Topliss-reactive ketones (excluding diaryl/α,β-unsaturated/α-hetero) is 2. The minimum absolute atomic E-state index is 0.0573. The Bertz CT molecular complexity index is 506. The lowest BCUT2D eigenvalue weighted by molar-refractivity contribution is -0.154. The van der Waals surface area contributed by atoms with Crippen molar-refractivity contribution in [3.05, 3.63) is 35.9 Å². The predicted molar refractivity (Wildman–Crippen MR) is 68.0 cm³/mol. The molecule has 0 aliphatic rings. The van der Waals surface area contributed by atoms with Gasteiger partial charge in [-0.05, 0) is 19.1 Å². The van der Waals surface area contributed by atoms with Gasteiger partial charge in [0.15, 0.2) is 12.4 Å². The van der Waals surface area contributed by atoms with Crippen LogP contribution in [0.1, 0.15) is 23.7 Å². The van der Waals surface area contributed by atoms with E-state index in [0.29, 0.717) is 5.56 Å². The van der Waals surface area contributed by atoms with E-state index in [1.54, 1.807) is 25.1 Å². The first-order valence-corrected chi connectivity index (χ1v) is 5.98. The topological polar surface area (TPSA) is 86.7 Å². The second-order valence-electron chi connectivity index (χ2n) is 3.80. The summed E-state index contributed by atoms with van der Waals surface area (Å²) in [5, 5.41) is 0. The molecule has 0 saturated heterocycles. The molecule has 0 spiro atoms. The van der Waals surface area contributed by atoms with Gasteiger partial charge in [-0.15, -0.1) is 0 Å². The number of rotatable bonds is 7. The summed E-state index contributed by atoms with van der Waals surface area (Å²) in [5.41, 5.74) is 0.303. The first kappa shape index (κ1) is 15.6. The molecule has 0 bridgehead atoms. The Morgan fingerprint density at radius 2 is 1.65 bits per heavy atom. The zero-order chi connectivity index (χ0) is 15.0. The van der Waals surface area contributed by atoms with Crippen LogP contribution < -0.4 is 0 Å². The number of benzene rings is 1. The number of carbonyl (C=O) groups excluding carboxylic acids is 4. The van der Waals surface area contributed by atoms with Gasteiger partial charge in [0.05, 0.1) is 18.6 Å². The molecule has 0 N–H and O–H groups in total. The van der Waals surface area contributed by atoms with Crippen molar-refractivity contribution < 1.29 is 28.7 Å². The van der Waals surface area contributed by atoms with Crippen molar-refractivity contribution in [1.29, 1.82) is 0 Å². The molecule has 20 heavy (non-hydrogen) atoms. The van der Waals surface area contributed by atoms with E-state index >= 15 is 0 Å². The molecule has 1 aromatic carbocycles. The quantitative estimate of drug-likeness (QED) is 0.419. The van der Waals surface area contributed by atoms with Crippen LogP contribution in [-0.2, 0) is 23.9 Å². The molecule has 0 unspecified atom stereocenters. The van der Waals surface area contributed by atoms with Crippen LogP contribution in [0.4, 0.5) is 0 Å². The van der Waals surface area contributed by atoms with Gasteiger partial charge in [-0.2, -0.15) is 0 Å². The minimum Gasteiger partial charge on any atom is -0.460 e. The van der Waals surface area contributed by atoms with Crippen LogP contribution in [0.25, 0.3) is 0 Å². The van der Waals surface area contributed by atoms with E-state index in [2.05, 4.69) is 4.74 Å². The summed E-state index contributed by atoms with van der Waals surface area (Å²) >= 11 is 0. The van der Waals surface area contributed by atoms with E-state index in [9.17, 15) is 19.2 Å². The highest BCUT2D eigenvalue weighted by Crippen LogP contribution is 2.01. The van der Waals surface area contributed by atoms with Crippen molar-refractivity contribution in [2.45, 2.75) is 13.3 Å². The number of hydrogen-bond donors (Lipinski definition) is 0. The van der Waals surface area contributed by atoms with Gasteiger partial charge < -0.3 is 9.47 Å². The maximum Gasteiger partial charge on any atom is 0.375 e. The minimum atomic E-state index is -1.06. The molecule has 1 aromatic rings. The second kappa shape index (κ2) is 7.83. The third-order valence-electron chi connectivity index (χ3n) is 2.23. The normalized spacial score (nSPS) is 9.65. The van der Waals surface area contributed by atoms with Crippen LogP contribution in [0.3, 0.4) is 0 Å². The van der Waals surface area contributed by atoms with E-state index in [4.69, 9.17) is 4.74 Å². The van der Waals surface area contributed by atoms with Gasteiger partial charge in [0, 0.05) is 0 Å². The van der Waals surface area contributed by atoms with Crippen molar-refractivity contribution in [2.24, 2.45) is 0 Å². The van der Waals surface area contributed by atoms with Crippen molar-refractivity contribution >= 4 is 23.5 Å². The maximum absolute atomic E-state index is 11.5. The highest BCUT2D eigenvalue weighted by Gasteiger charge is 2.20. The Labute approximate surface area is 115 Å². The van der Waals surface area contributed by atoms with Crippen molar-refractivity contribution in [3.8, 4) is 0 Å². The van der Waals surface area contributed by atoms with Crippen molar-refractivity contribution in [1.82, 2.24) is 0 Å². The summed E-state index contributed by atoms with van der Waals surface area (Å²) in [6, 6.07) is 8.12. The molecular formula is C14H14O6. The Morgan fingerprint density at radius 3 is 2.25 bits per heavy atom. The highest BCUT2D eigenvalue weighted by molar-refractivity contribution is 6.37. The molecule has 0 aliphatic carbocycles. The van der Waals surface area contributed by atoms with Crippen LogP contribution in [-0.4, -0.2) is 36.7 Å². The standard InChI is InChI=1S/C14H14O6/c1-2-19-14(18)12(16)8-11(15)9-20-13(17)10-6-4-3-5-7-10/h3-7H,2,8-9H2,1H3. The molecule has 0 atom stereocenters. The molecule has 6 heteroatoms. The lowest BCUT2D eigenvalue weighted by Gasteiger charge is -2.04. The summed E-state index contributed by atoms with van der Waals surface area (Å²) in [7, 11) is 0. The number of ether oxygens (including phenoxy) is 2. The summed E-state index contributed by atoms with van der Waals surface area (Å²) in [4.78, 5) is 45.1. The van der Waals surface area contributed by atoms with Gasteiger partial charge in [-0.1, -0.05) is 18.2 Å². The Hall–Kier alpha value is -2.50. The number of hydrogen-bond acceptors (Lipinski definition) is 6. The van der Waals surface area contributed by atoms with Crippen molar-refractivity contribution in [2.75, 3.05) is 13.2 Å². The average Bonchev–Trinajstić information content (AvgIpc) is 2.45.